The van der Waals surface area contributed by atoms with E-state index in [9.17, 15) is 0 Å². The first-order valence-corrected chi connectivity index (χ1v) is 6.01. The molecule has 0 heterocycles. The van der Waals surface area contributed by atoms with Crippen molar-refractivity contribution in [2.24, 2.45) is 9.98 Å². The van der Waals surface area contributed by atoms with E-state index in [1.54, 1.807) is 13.4 Å². The molecule has 4 heteroatoms. The van der Waals surface area contributed by atoms with E-state index in [1.165, 1.54) is 25.7 Å². The van der Waals surface area contributed by atoms with Crippen molar-refractivity contribution in [1.82, 2.24) is 10.2 Å². The van der Waals surface area contributed by atoms with Crippen molar-refractivity contribution in [2.45, 2.75) is 44.7 Å². The SMILES string of the molecule is CN=CNC(C)=NC1CCC(N(C)C)CC1. The topological polar surface area (TPSA) is 40.0 Å². The highest BCUT2D eigenvalue weighted by molar-refractivity contribution is 5.89. The molecule has 92 valence electrons. The van der Waals surface area contributed by atoms with Crippen molar-refractivity contribution in [3.05, 3.63) is 0 Å². The van der Waals surface area contributed by atoms with Crippen LogP contribution in [0, 0.1) is 0 Å². The van der Waals surface area contributed by atoms with Crippen LogP contribution in [-0.2, 0) is 0 Å². The van der Waals surface area contributed by atoms with Gasteiger partial charge in [0.25, 0.3) is 0 Å². The Balaban J connectivity index is 2.36. The van der Waals surface area contributed by atoms with Gasteiger partial charge >= 0.3 is 0 Å². The Morgan fingerprint density at radius 1 is 1.25 bits per heavy atom. The quantitative estimate of drug-likeness (QED) is 0.583. The van der Waals surface area contributed by atoms with E-state index in [4.69, 9.17) is 0 Å². The normalized spacial score (nSPS) is 27.7. The fraction of sp³-hybridized carbons (Fsp3) is 0.833. The van der Waals surface area contributed by atoms with Crippen LogP contribution < -0.4 is 5.32 Å². The smallest absolute Gasteiger partial charge is 0.0985 e. The molecule has 0 amide bonds. The summed E-state index contributed by atoms with van der Waals surface area (Å²) in [6, 6.07) is 1.24. The molecule has 0 bridgehead atoms. The van der Waals surface area contributed by atoms with Crippen LogP contribution in [0.4, 0.5) is 0 Å². The molecule has 4 nitrogen and oxygen atoms in total. The van der Waals surface area contributed by atoms with Crippen LogP contribution in [0.1, 0.15) is 32.6 Å². The molecule has 0 radical (unpaired) electrons. The van der Waals surface area contributed by atoms with Crippen LogP contribution in [0.25, 0.3) is 0 Å². The maximum atomic E-state index is 4.66. The number of aliphatic imine (C=N–C) groups is 2. The van der Waals surface area contributed by atoms with Gasteiger partial charge < -0.3 is 10.2 Å². The van der Waals surface area contributed by atoms with Gasteiger partial charge in [-0.3, -0.25) is 9.98 Å². The molecular formula is C12H24N4. The van der Waals surface area contributed by atoms with Crippen LogP contribution in [-0.4, -0.2) is 50.3 Å². The third kappa shape index (κ3) is 4.31. The number of nitrogens with one attached hydrogen (secondary N) is 1. The van der Waals surface area contributed by atoms with Gasteiger partial charge in [0.2, 0.25) is 0 Å². The van der Waals surface area contributed by atoms with E-state index in [1.807, 2.05) is 6.92 Å². The lowest BCUT2D eigenvalue weighted by molar-refractivity contribution is 0.217. The minimum Gasteiger partial charge on any atom is -0.336 e. The summed E-state index contributed by atoms with van der Waals surface area (Å²) in [4.78, 5) is 10.9. The summed E-state index contributed by atoms with van der Waals surface area (Å²) in [5.41, 5.74) is 0. The van der Waals surface area contributed by atoms with E-state index in [0.717, 1.165) is 11.9 Å². The van der Waals surface area contributed by atoms with Crippen molar-refractivity contribution in [3.63, 3.8) is 0 Å². The summed E-state index contributed by atoms with van der Waals surface area (Å²) in [7, 11) is 6.08. The van der Waals surface area contributed by atoms with Gasteiger partial charge in [0.05, 0.1) is 18.2 Å². The molecule has 16 heavy (non-hydrogen) atoms. The zero-order valence-corrected chi connectivity index (χ0v) is 10.9. The predicted octanol–water partition coefficient (Wildman–Crippen LogP) is 1.53. The molecule has 0 spiro atoms. The zero-order valence-electron chi connectivity index (χ0n) is 10.9. The Labute approximate surface area is 98.8 Å². The van der Waals surface area contributed by atoms with Crippen LogP contribution in [0.5, 0.6) is 0 Å². The third-order valence-corrected chi connectivity index (χ3v) is 3.18. The first-order chi connectivity index (χ1) is 7.63. The Morgan fingerprint density at radius 2 is 1.88 bits per heavy atom. The Hall–Kier alpha value is -0.900. The van der Waals surface area contributed by atoms with Gasteiger partial charge in [0, 0.05) is 13.1 Å². The molecule has 1 fully saturated rings. The lowest BCUT2D eigenvalue weighted by Crippen LogP contribution is -2.34. The van der Waals surface area contributed by atoms with Crippen LogP contribution in [0.3, 0.4) is 0 Å². The van der Waals surface area contributed by atoms with Gasteiger partial charge in [-0.05, 0) is 46.7 Å². The maximum Gasteiger partial charge on any atom is 0.0985 e. The molecule has 0 saturated heterocycles. The minimum atomic E-state index is 0.494. The van der Waals surface area contributed by atoms with Crippen LogP contribution >= 0.6 is 0 Å². The molecule has 1 aliphatic rings. The van der Waals surface area contributed by atoms with Crippen LogP contribution in [0.2, 0.25) is 0 Å². The van der Waals surface area contributed by atoms with Crippen molar-refractivity contribution in [3.8, 4) is 0 Å². The summed E-state index contributed by atoms with van der Waals surface area (Å²) in [6.07, 6.45) is 6.60. The Morgan fingerprint density at radius 3 is 2.38 bits per heavy atom. The maximum absolute atomic E-state index is 4.66. The monoisotopic (exact) mass is 224 g/mol. The molecule has 0 aliphatic heterocycles. The van der Waals surface area contributed by atoms with E-state index in [2.05, 4.69) is 34.3 Å². The Kier molecular flexibility index (Phi) is 5.46. The van der Waals surface area contributed by atoms with Crippen molar-refractivity contribution in [2.75, 3.05) is 21.1 Å². The number of amidine groups is 1. The van der Waals surface area contributed by atoms with Crippen molar-refractivity contribution < 1.29 is 0 Å². The predicted molar refractivity (Wildman–Crippen MR) is 70.4 cm³/mol. The average Bonchev–Trinajstić information content (AvgIpc) is 2.27. The summed E-state index contributed by atoms with van der Waals surface area (Å²) < 4.78 is 0. The number of nitrogens with zero attached hydrogens (tertiary/aromatic N) is 3. The molecule has 1 N–H and O–H groups in total. The molecule has 1 saturated carbocycles. The minimum absolute atomic E-state index is 0.494. The second-order valence-corrected chi connectivity index (χ2v) is 4.67. The van der Waals surface area contributed by atoms with Crippen molar-refractivity contribution in [1.29, 1.82) is 0 Å². The van der Waals surface area contributed by atoms with E-state index < -0.39 is 0 Å². The van der Waals surface area contributed by atoms with E-state index in [0.29, 0.717) is 6.04 Å². The van der Waals surface area contributed by atoms with Gasteiger partial charge in [0.15, 0.2) is 0 Å². The Bertz CT molecular complexity index is 250. The number of hydrogen-bond acceptors (Lipinski definition) is 3. The second kappa shape index (κ2) is 6.63. The highest BCUT2D eigenvalue weighted by atomic mass is 15.1. The van der Waals surface area contributed by atoms with Gasteiger partial charge in [0.1, 0.15) is 0 Å². The molecule has 0 aromatic carbocycles. The highest BCUT2D eigenvalue weighted by Crippen LogP contribution is 2.23. The summed E-state index contributed by atoms with van der Waals surface area (Å²) in [6.45, 7) is 2.00. The van der Waals surface area contributed by atoms with E-state index in [-0.39, 0.29) is 0 Å². The lowest BCUT2D eigenvalue weighted by atomic mass is 9.91. The fourth-order valence-corrected chi connectivity index (χ4v) is 2.17. The molecule has 0 aromatic heterocycles. The van der Waals surface area contributed by atoms with Crippen molar-refractivity contribution >= 4 is 12.2 Å². The van der Waals surface area contributed by atoms with Crippen LogP contribution in [0.15, 0.2) is 9.98 Å². The first-order valence-electron chi connectivity index (χ1n) is 6.01. The van der Waals surface area contributed by atoms with Gasteiger partial charge in [-0.2, -0.15) is 0 Å². The number of rotatable bonds is 3. The first kappa shape index (κ1) is 13.2. The zero-order chi connectivity index (χ0) is 12.0. The van der Waals surface area contributed by atoms with E-state index >= 15 is 0 Å². The number of hydrogen-bond donors (Lipinski definition) is 1. The van der Waals surface area contributed by atoms with Gasteiger partial charge in [-0.15, -0.1) is 0 Å². The molecule has 1 aliphatic carbocycles. The average molecular weight is 224 g/mol. The summed E-state index contributed by atoms with van der Waals surface area (Å²) >= 11 is 0. The second-order valence-electron chi connectivity index (χ2n) is 4.67. The molecule has 0 unspecified atom stereocenters. The molecule has 1 rings (SSSR count). The third-order valence-electron chi connectivity index (χ3n) is 3.18. The highest BCUT2D eigenvalue weighted by Gasteiger charge is 2.21. The summed E-state index contributed by atoms with van der Waals surface area (Å²) in [5, 5.41) is 3.06. The summed E-state index contributed by atoms with van der Waals surface area (Å²) in [5.74, 6) is 0.971. The molecule has 0 atom stereocenters. The standard InChI is InChI=1S/C12H24N4/c1-10(14-9-13-2)15-11-5-7-12(8-6-11)16(3)4/h9,11-12H,5-8H2,1-4H3,(H,13,14,15). The largest absolute Gasteiger partial charge is 0.336 e. The van der Waals surface area contributed by atoms with Gasteiger partial charge in [-0.1, -0.05) is 0 Å². The molecule has 0 aromatic rings. The fourth-order valence-electron chi connectivity index (χ4n) is 2.17. The lowest BCUT2D eigenvalue weighted by Gasteiger charge is -2.31. The molecular weight excluding hydrogens is 200 g/mol. The van der Waals surface area contributed by atoms with Gasteiger partial charge in [-0.25, -0.2) is 0 Å².